The van der Waals surface area contributed by atoms with Gasteiger partial charge < -0.3 is 24.8 Å². The Morgan fingerprint density at radius 3 is 2.15 bits per heavy atom. The fourth-order valence-corrected chi connectivity index (χ4v) is 4.93. The first-order valence-corrected chi connectivity index (χ1v) is 11.6. The number of amides is 2. The van der Waals surface area contributed by atoms with Crippen LogP contribution < -0.4 is 5.32 Å². The van der Waals surface area contributed by atoms with Gasteiger partial charge in [0.15, 0.2) is 0 Å². The molecule has 1 saturated heterocycles. The van der Waals surface area contributed by atoms with Crippen molar-refractivity contribution < 1.29 is 29.0 Å². The summed E-state index contributed by atoms with van der Waals surface area (Å²) in [6.07, 6.45) is -0.998. The molecular formula is C26H30N2O6. The summed E-state index contributed by atoms with van der Waals surface area (Å²) < 4.78 is 11.1. The number of rotatable bonds is 7. The van der Waals surface area contributed by atoms with Crippen LogP contribution in [0.4, 0.5) is 4.79 Å². The number of ether oxygens (including phenoxy) is 2. The van der Waals surface area contributed by atoms with E-state index >= 15 is 0 Å². The van der Waals surface area contributed by atoms with Crippen molar-refractivity contribution in [1.29, 1.82) is 0 Å². The van der Waals surface area contributed by atoms with Crippen LogP contribution in [-0.4, -0.2) is 65.9 Å². The number of carboxylic acid groups (broad SMARTS) is 1. The van der Waals surface area contributed by atoms with E-state index in [1.807, 2.05) is 50.2 Å². The number of hydrogen-bond acceptors (Lipinski definition) is 5. The van der Waals surface area contributed by atoms with Gasteiger partial charge >= 0.3 is 12.1 Å². The van der Waals surface area contributed by atoms with Gasteiger partial charge in [-0.05, 0) is 42.5 Å². The zero-order valence-electron chi connectivity index (χ0n) is 19.4. The molecule has 2 aromatic carbocycles. The average molecular weight is 467 g/mol. The maximum absolute atomic E-state index is 13.3. The molecule has 2 aliphatic rings. The van der Waals surface area contributed by atoms with Crippen molar-refractivity contribution in [3.8, 4) is 11.1 Å². The summed E-state index contributed by atoms with van der Waals surface area (Å²) in [4.78, 5) is 38.8. The molecule has 34 heavy (non-hydrogen) atoms. The SMILES string of the molecule is CC1COCC(C)N1C(=O)C(CCC(=O)O)NC(=O)OCC1c2ccccc2-c2ccccc21. The molecule has 0 bridgehead atoms. The highest BCUT2D eigenvalue weighted by molar-refractivity contribution is 5.87. The number of nitrogens with zero attached hydrogens (tertiary/aromatic N) is 1. The van der Waals surface area contributed by atoms with Gasteiger partial charge in [-0.3, -0.25) is 9.59 Å². The Kier molecular flexibility index (Phi) is 7.17. The monoisotopic (exact) mass is 466 g/mol. The maximum atomic E-state index is 13.3. The molecule has 2 N–H and O–H groups in total. The number of nitrogens with one attached hydrogen (secondary N) is 1. The summed E-state index contributed by atoms with van der Waals surface area (Å²) in [7, 11) is 0. The molecule has 0 aromatic heterocycles. The fraction of sp³-hybridized carbons (Fsp3) is 0.423. The van der Waals surface area contributed by atoms with E-state index in [4.69, 9.17) is 14.6 Å². The van der Waals surface area contributed by atoms with E-state index in [1.165, 1.54) is 0 Å². The number of benzene rings is 2. The Morgan fingerprint density at radius 2 is 1.59 bits per heavy atom. The number of hydrogen-bond donors (Lipinski definition) is 2. The average Bonchev–Trinajstić information content (AvgIpc) is 3.14. The van der Waals surface area contributed by atoms with E-state index in [-0.39, 0.29) is 43.4 Å². The van der Waals surface area contributed by atoms with Gasteiger partial charge in [0.2, 0.25) is 5.91 Å². The summed E-state index contributed by atoms with van der Waals surface area (Å²) in [6, 6.07) is 14.7. The van der Waals surface area contributed by atoms with Crippen LogP contribution in [0.25, 0.3) is 11.1 Å². The second kappa shape index (κ2) is 10.3. The molecule has 3 unspecified atom stereocenters. The third-order valence-electron chi connectivity index (χ3n) is 6.50. The second-order valence-electron chi connectivity index (χ2n) is 8.94. The van der Waals surface area contributed by atoms with Crippen molar-refractivity contribution in [3.05, 3.63) is 59.7 Å². The molecule has 0 saturated carbocycles. The molecule has 1 aliphatic heterocycles. The van der Waals surface area contributed by atoms with Crippen molar-refractivity contribution in [3.63, 3.8) is 0 Å². The van der Waals surface area contributed by atoms with Crippen LogP contribution in [0.3, 0.4) is 0 Å². The lowest BCUT2D eigenvalue weighted by molar-refractivity contribution is -0.146. The zero-order chi connectivity index (χ0) is 24.2. The molecule has 0 radical (unpaired) electrons. The molecule has 1 heterocycles. The molecular weight excluding hydrogens is 436 g/mol. The molecule has 2 amide bonds. The second-order valence-corrected chi connectivity index (χ2v) is 8.94. The van der Waals surface area contributed by atoms with E-state index in [2.05, 4.69) is 17.4 Å². The predicted octanol–water partition coefficient (Wildman–Crippen LogP) is 3.39. The Bertz CT molecular complexity index is 1020. The number of carbonyl (C=O) groups is 3. The van der Waals surface area contributed by atoms with Crippen LogP contribution >= 0.6 is 0 Å². The lowest BCUT2D eigenvalue weighted by Crippen LogP contribution is -2.58. The molecule has 8 heteroatoms. The van der Waals surface area contributed by atoms with E-state index < -0.39 is 18.1 Å². The minimum absolute atomic E-state index is 0.0187. The van der Waals surface area contributed by atoms with E-state index in [1.54, 1.807) is 4.90 Å². The van der Waals surface area contributed by atoms with Crippen molar-refractivity contribution in [2.75, 3.05) is 19.8 Å². The molecule has 1 fully saturated rings. The van der Waals surface area contributed by atoms with Crippen LogP contribution in [0.2, 0.25) is 0 Å². The maximum Gasteiger partial charge on any atom is 0.407 e. The molecule has 3 atom stereocenters. The zero-order valence-corrected chi connectivity index (χ0v) is 19.4. The highest BCUT2D eigenvalue weighted by Crippen LogP contribution is 2.44. The summed E-state index contributed by atoms with van der Waals surface area (Å²) >= 11 is 0. The van der Waals surface area contributed by atoms with E-state index in [0.29, 0.717) is 13.2 Å². The highest BCUT2D eigenvalue weighted by Gasteiger charge is 2.35. The first-order chi connectivity index (χ1) is 16.4. The minimum Gasteiger partial charge on any atom is -0.481 e. The third kappa shape index (κ3) is 4.92. The van der Waals surface area contributed by atoms with Crippen molar-refractivity contribution in [2.24, 2.45) is 0 Å². The van der Waals surface area contributed by atoms with Crippen LogP contribution in [-0.2, 0) is 19.1 Å². The van der Waals surface area contributed by atoms with Gasteiger partial charge in [0, 0.05) is 12.3 Å². The Morgan fingerprint density at radius 1 is 1.03 bits per heavy atom. The van der Waals surface area contributed by atoms with E-state index in [0.717, 1.165) is 22.3 Å². The first kappa shape index (κ1) is 23.8. The third-order valence-corrected chi connectivity index (χ3v) is 6.50. The highest BCUT2D eigenvalue weighted by atomic mass is 16.5. The molecule has 0 spiro atoms. The number of alkyl carbamates (subject to hydrolysis) is 1. The summed E-state index contributed by atoms with van der Waals surface area (Å²) in [5.41, 5.74) is 4.42. The molecule has 2 aromatic rings. The first-order valence-electron chi connectivity index (χ1n) is 11.6. The molecule has 1 aliphatic carbocycles. The van der Waals surface area contributed by atoms with Crippen molar-refractivity contribution in [1.82, 2.24) is 10.2 Å². The van der Waals surface area contributed by atoms with Gasteiger partial charge in [-0.2, -0.15) is 0 Å². The Labute approximate surface area is 198 Å². The topological polar surface area (TPSA) is 105 Å². The number of carbonyl (C=O) groups excluding carboxylic acids is 2. The number of aliphatic carboxylic acids is 1. The summed E-state index contributed by atoms with van der Waals surface area (Å²) in [5, 5.41) is 11.8. The van der Waals surface area contributed by atoms with E-state index in [9.17, 15) is 14.4 Å². The quantitative estimate of drug-likeness (QED) is 0.648. The largest absolute Gasteiger partial charge is 0.481 e. The van der Waals surface area contributed by atoms with Crippen molar-refractivity contribution >= 4 is 18.0 Å². The van der Waals surface area contributed by atoms with Crippen LogP contribution in [0.5, 0.6) is 0 Å². The minimum atomic E-state index is -1.03. The molecule has 180 valence electrons. The molecule has 4 rings (SSSR count). The number of carboxylic acids is 1. The smallest absolute Gasteiger partial charge is 0.407 e. The fourth-order valence-electron chi connectivity index (χ4n) is 4.93. The van der Waals surface area contributed by atoms with Gasteiger partial charge in [-0.1, -0.05) is 48.5 Å². The van der Waals surface area contributed by atoms with Gasteiger partial charge in [-0.25, -0.2) is 4.79 Å². The lowest BCUT2D eigenvalue weighted by atomic mass is 9.98. The van der Waals surface area contributed by atoms with Gasteiger partial charge in [-0.15, -0.1) is 0 Å². The van der Waals surface area contributed by atoms with Gasteiger partial charge in [0.05, 0.1) is 25.3 Å². The molecule has 8 nitrogen and oxygen atoms in total. The normalized spacial score (nSPS) is 20.2. The number of morpholine rings is 1. The Hall–Kier alpha value is -3.39. The predicted molar refractivity (Wildman–Crippen MR) is 125 cm³/mol. The van der Waals surface area contributed by atoms with Crippen LogP contribution in [0.15, 0.2) is 48.5 Å². The Balaban J connectivity index is 1.45. The van der Waals surface area contributed by atoms with Gasteiger partial charge in [0.1, 0.15) is 12.6 Å². The summed E-state index contributed by atoms with van der Waals surface area (Å²) in [6.45, 7) is 4.65. The van der Waals surface area contributed by atoms with Crippen LogP contribution in [0, 0.1) is 0 Å². The lowest BCUT2D eigenvalue weighted by Gasteiger charge is -2.40. The summed E-state index contributed by atoms with van der Waals surface area (Å²) in [5.74, 6) is -1.46. The van der Waals surface area contributed by atoms with Crippen molar-refractivity contribution in [2.45, 2.75) is 50.7 Å². The van der Waals surface area contributed by atoms with Crippen LogP contribution in [0.1, 0.15) is 43.7 Å². The standard InChI is InChI=1S/C26H30N2O6/c1-16-13-33-14-17(2)28(16)25(31)23(11-12-24(29)30)27-26(32)34-15-22-20-9-5-3-7-18(20)19-8-4-6-10-21(19)22/h3-10,16-17,22-23H,11-15H2,1-2H3,(H,27,32)(H,29,30). The van der Waals surface area contributed by atoms with Gasteiger partial charge in [0.25, 0.3) is 0 Å². The number of fused-ring (bicyclic) bond motifs is 3.